The zero-order valence-corrected chi connectivity index (χ0v) is 40.4. The first-order valence-electron chi connectivity index (χ1n) is 21.9. The Bertz CT molecular complexity index is 2980. The highest BCUT2D eigenvalue weighted by atomic mass is 35.5. The minimum absolute atomic E-state index is 0.0716. The van der Waals surface area contributed by atoms with Crippen LogP contribution in [0.3, 0.4) is 0 Å². The van der Waals surface area contributed by atoms with Crippen molar-refractivity contribution in [2.45, 2.75) is 12.2 Å². The molecule has 0 bridgehead atoms. The third-order valence-electron chi connectivity index (χ3n) is 12.0. The highest BCUT2D eigenvalue weighted by Crippen LogP contribution is 2.42. The van der Waals surface area contributed by atoms with Gasteiger partial charge in [-0.3, -0.25) is 9.97 Å². The molecule has 2 fully saturated rings. The second kappa shape index (κ2) is 21.5. The topological polar surface area (TPSA) is 161 Å². The Morgan fingerprint density at radius 1 is 0.529 bits per heavy atom. The average Bonchev–Trinajstić information content (AvgIpc) is 3.39. The first-order valence-corrected chi connectivity index (χ1v) is 23.4. The van der Waals surface area contributed by atoms with Gasteiger partial charge in [0.15, 0.2) is 0 Å². The van der Waals surface area contributed by atoms with Crippen molar-refractivity contribution in [1.29, 1.82) is 0 Å². The van der Waals surface area contributed by atoms with E-state index in [2.05, 4.69) is 40.2 Å². The zero-order valence-electron chi connectivity index (χ0n) is 37.4. The fourth-order valence-electron chi connectivity index (χ4n) is 8.37. The van der Waals surface area contributed by atoms with E-state index in [1.54, 1.807) is 48.8 Å². The first kappa shape index (κ1) is 48.9. The van der Waals surface area contributed by atoms with Crippen LogP contribution in [0.2, 0.25) is 20.1 Å². The number of anilines is 2. The zero-order chi connectivity index (χ0) is 49.1. The number of rotatable bonds is 10. The fourth-order valence-corrected chi connectivity index (χ4v) is 9.54. The summed E-state index contributed by atoms with van der Waals surface area (Å²) in [4.78, 5) is 13.2. The number of aliphatic hydroxyl groups is 2. The highest BCUT2D eigenvalue weighted by Gasteiger charge is 2.25. The van der Waals surface area contributed by atoms with Crippen molar-refractivity contribution in [3.8, 4) is 34.0 Å². The third kappa shape index (κ3) is 9.96. The van der Waals surface area contributed by atoms with Gasteiger partial charge in [-0.2, -0.15) is 0 Å². The van der Waals surface area contributed by atoms with Crippen molar-refractivity contribution in [3.63, 3.8) is 0 Å². The van der Waals surface area contributed by atoms with Crippen LogP contribution in [0, 0.1) is 11.6 Å². The molecule has 2 N–H and O–H groups in total. The number of aliphatic hydroxyl groups excluding tert-OH is 2. The molecule has 0 spiro atoms. The van der Waals surface area contributed by atoms with Crippen molar-refractivity contribution in [2.75, 3.05) is 76.6 Å². The summed E-state index contributed by atoms with van der Waals surface area (Å²) in [6.07, 6.45) is 0.743. The van der Waals surface area contributed by atoms with E-state index in [9.17, 15) is 10.2 Å². The normalized spacial score (nSPS) is 14.8. The van der Waals surface area contributed by atoms with E-state index in [0.717, 1.165) is 37.6 Å². The summed E-state index contributed by atoms with van der Waals surface area (Å²) in [5.41, 5.74) is 5.60. The van der Waals surface area contributed by atoms with Crippen LogP contribution in [0.15, 0.2) is 97.3 Å². The number of morpholine rings is 2. The molecule has 70 heavy (non-hydrogen) atoms. The van der Waals surface area contributed by atoms with Crippen LogP contribution in [0.5, 0.6) is 11.8 Å². The summed E-state index contributed by atoms with van der Waals surface area (Å²) < 4.78 is 51.3. The summed E-state index contributed by atoms with van der Waals surface area (Å²) in [5.74, 6) is -0.452. The lowest BCUT2D eigenvalue weighted by molar-refractivity contribution is 0.122. The molecule has 4 aromatic heterocycles. The first-order chi connectivity index (χ1) is 33.9. The van der Waals surface area contributed by atoms with Gasteiger partial charge in [0.25, 0.3) is 0 Å². The Morgan fingerprint density at radius 2 is 0.929 bits per heavy atom. The number of halogens is 6. The van der Waals surface area contributed by atoms with Crippen LogP contribution in [0.1, 0.15) is 34.7 Å². The van der Waals surface area contributed by atoms with Crippen LogP contribution >= 0.6 is 46.4 Å². The van der Waals surface area contributed by atoms with Crippen molar-refractivity contribution in [3.05, 3.63) is 152 Å². The predicted octanol–water partition coefficient (Wildman–Crippen LogP) is 10.1. The summed E-state index contributed by atoms with van der Waals surface area (Å²) in [6.45, 7) is 5.42. The molecule has 10 rings (SSSR count). The number of nitrogens with zero attached hydrogens (tertiary/aromatic N) is 8. The molecule has 0 radical (unpaired) electrons. The molecule has 20 heteroatoms. The van der Waals surface area contributed by atoms with Crippen LogP contribution in [0.25, 0.3) is 44.1 Å². The largest absolute Gasteiger partial charge is 0.480 e. The van der Waals surface area contributed by atoms with Crippen LogP contribution in [-0.4, -0.2) is 107 Å². The molecule has 2 saturated heterocycles. The summed E-state index contributed by atoms with van der Waals surface area (Å²) in [7, 11) is 2.94. The molecular weight excluding hydrogens is 988 g/mol. The molecule has 2 atom stereocenters. The molecule has 2 aliphatic heterocycles. The quantitative estimate of drug-likeness (QED) is 0.133. The Hall–Kier alpha value is -6.08. The summed E-state index contributed by atoms with van der Waals surface area (Å²) in [5, 5.41) is 40.1. The van der Waals surface area contributed by atoms with Gasteiger partial charge in [-0.15, -0.1) is 20.4 Å². The van der Waals surface area contributed by atoms with E-state index in [1.807, 2.05) is 24.3 Å². The lowest BCUT2D eigenvalue weighted by atomic mass is 9.96. The third-order valence-corrected chi connectivity index (χ3v) is 13.4. The molecule has 0 aliphatic carbocycles. The second-order valence-electron chi connectivity index (χ2n) is 16.0. The molecule has 14 nitrogen and oxygen atoms in total. The van der Waals surface area contributed by atoms with Gasteiger partial charge in [0.1, 0.15) is 23.8 Å². The van der Waals surface area contributed by atoms with Gasteiger partial charge in [0, 0.05) is 93.8 Å². The van der Waals surface area contributed by atoms with Gasteiger partial charge in [0.05, 0.1) is 84.5 Å². The Balaban J connectivity index is 0.000000174. The Labute approximate surface area is 420 Å². The Morgan fingerprint density at radius 3 is 1.29 bits per heavy atom. The molecule has 2 aliphatic rings. The lowest BCUT2D eigenvalue weighted by Crippen LogP contribution is -2.36. The van der Waals surface area contributed by atoms with E-state index >= 15 is 8.78 Å². The van der Waals surface area contributed by atoms with E-state index in [0.29, 0.717) is 92.3 Å². The van der Waals surface area contributed by atoms with Crippen LogP contribution in [0.4, 0.5) is 20.2 Å². The van der Waals surface area contributed by atoms with Crippen molar-refractivity contribution in [2.24, 2.45) is 0 Å². The SMILES string of the molecule is COc1ccc([C@@H](O)c2cc(-c3ccnc4c(Cl)c(N5CCOCC5)ccc34)c(F)cc2Cl)nn1.COc1ccc([C@H](O)c2cc(-c3ccnc4c(Cl)c(N5CCOCC5)ccc34)c(F)cc2Cl)nn1. The molecule has 8 aromatic rings. The van der Waals surface area contributed by atoms with Gasteiger partial charge in [-0.05, 0) is 71.8 Å². The maximum absolute atomic E-state index is 15.2. The smallest absolute Gasteiger partial charge is 0.233 e. The number of fused-ring (bicyclic) bond motifs is 2. The van der Waals surface area contributed by atoms with Crippen molar-refractivity contribution < 1.29 is 37.9 Å². The van der Waals surface area contributed by atoms with E-state index in [1.165, 1.54) is 38.5 Å². The van der Waals surface area contributed by atoms with E-state index < -0.39 is 23.8 Å². The number of pyridine rings is 2. The molecule has 360 valence electrons. The number of ether oxygens (including phenoxy) is 4. The molecule has 6 heterocycles. The maximum atomic E-state index is 15.2. The average molecular weight is 1030 g/mol. The fraction of sp³-hybridized carbons (Fsp3) is 0.240. The molecule has 0 unspecified atom stereocenters. The van der Waals surface area contributed by atoms with Gasteiger partial charge in [-0.1, -0.05) is 58.5 Å². The molecule has 0 amide bonds. The van der Waals surface area contributed by atoms with E-state index in [-0.39, 0.29) is 32.6 Å². The number of hydrogen-bond donors (Lipinski definition) is 2. The van der Waals surface area contributed by atoms with Crippen molar-refractivity contribution in [1.82, 2.24) is 30.4 Å². The van der Waals surface area contributed by atoms with E-state index in [4.69, 9.17) is 65.4 Å². The van der Waals surface area contributed by atoms with Crippen molar-refractivity contribution >= 4 is 79.6 Å². The maximum Gasteiger partial charge on any atom is 0.233 e. The number of aromatic nitrogens is 6. The minimum Gasteiger partial charge on any atom is -0.480 e. The van der Waals surface area contributed by atoms with Gasteiger partial charge >= 0.3 is 0 Å². The van der Waals surface area contributed by atoms with Crippen LogP contribution < -0.4 is 19.3 Å². The second-order valence-corrected chi connectivity index (χ2v) is 17.6. The summed E-state index contributed by atoms with van der Waals surface area (Å²) in [6, 6.07) is 22.7. The molecule has 4 aromatic carbocycles. The predicted molar refractivity (Wildman–Crippen MR) is 266 cm³/mol. The summed E-state index contributed by atoms with van der Waals surface area (Å²) >= 11 is 26.2. The monoisotopic (exact) mass is 1030 g/mol. The van der Waals surface area contributed by atoms with Gasteiger partial charge < -0.3 is 39.0 Å². The number of methoxy groups -OCH3 is 2. The lowest BCUT2D eigenvalue weighted by Gasteiger charge is -2.29. The standard InChI is InChI=1S/2C25H21Cl2FN4O3/c2*1-34-22-5-3-20(30-31-22)25(33)17-12-16(19(28)13-18(17)26)14-6-7-29-24-15(14)2-4-21(23(24)27)32-8-10-35-11-9-32/h2*2-7,12-13,25,33H,8-11H2,1H3/t2*25-/m10/s1. The van der Waals surface area contributed by atoms with Gasteiger partial charge in [-0.25, -0.2) is 8.78 Å². The molecule has 0 saturated carbocycles. The Kier molecular flexibility index (Phi) is 15.0. The van der Waals surface area contributed by atoms with Crippen LogP contribution in [-0.2, 0) is 9.47 Å². The van der Waals surface area contributed by atoms with Gasteiger partial charge in [0.2, 0.25) is 11.8 Å². The minimum atomic E-state index is -1.22. The molecular formula is C50H42Cl4F2N8O6. The highest BCUT2D eigenvalue weighted by molar-refractivity contribution is 6.39. The number of hydrogen-bond acceptors (Lipinski definition) is 14. The number of benzene rings is 4.